The van der Waals surface area contributed by atoms with E-state index in [-0.39, 0.29) is 11.4 Å². The minimum atomic E-state index is -0.291. The third-order valence-electron chi connectivity index (χ3n) is 2.85. The predicted molar refractivity (Wildman–Crippen MR) is 77.7 cm³/mol. The lowest BCUT2D eigenvalue weighted by Crippen LogP contribution is -2.26. The first-order valence-electron chi connectivity index (χ1n) is 6.30. The van der Waals surface area contributed by atoms with Crippen molar-refractivity contribution in [2.45, 2.75) is 6.54 Å². The average Bonchev–Trinajstić information content (AvgIpc) is 2.40. The zero-order valence-electron chi connectivity index (χ0n) is 11.5. The number of anilines is 2. The fourth-order valence-corrected chi connectivity index (χ4v) is 1.74. The van der Waals surface area contributed by atoms with Crippen molar-refractivity contribution >= 4 is 11.4 Å². The zero-order valence-corrected chi connectivity index (χ0v) is 11.5. The van der Waals surface area contributed by atoms with Crippen molar-refractivity contribution < 1.29 is 4.39 Å². The Hall–Kier alpha value is -2.37. The lowest BCUT2D eigenvalue weighted by Gasteiger charge is -2.12. The molecule has 0 aliphatic heterocycles. The van der Waals surface area contributed by atoms with E-state index in [0.717, 1.165) is 5.69 Å². The van der Waals surface area contributed by atoms with Crippen molar-refractivity contribution in [3.05, 3.63) is 52.7 Å². The summed E-state index contributed by atoms with van der Waals surface area (Å²) in [5, 5.41) is 7.15. The van der Waals surface area contributed by atoms with Gasteiger partial charge in [0.2, 0.25) is 0 Å². The molecule has 2 rings (SSSR count). The van der Waals surface area contributed by atoms with Crippen LogP contribution in [0.25, 0.3) is 0 Å². The highest BCUT2D eigenvalue weighted by Gasteiger charge is 2.01. The van der Waals surface area contributed by atoms with Crippen molar-refractivity contribution in [3.8, 4) is 0 Å². The van der Waals surface area contributed by atoms with E-state index in [1.165, 1.54) is 22.9 Å². The van der Waals surface area contributed by atoms with Gasteiger partial charge < -0.3 is 10.2 Å². The van der Waals surface area contributed by atoms with E-state index in [0.29, 0.717) is 18.8 Å². The third kappa shape index (κ3) is 3.57. The minimum Gasteiger partial charge on any atom is -0.383 e. The van der Waals surface area contributed by atoms with Crippen LogP contribution < -0.4 is 15.8 Å². The van der Waals surface area contributed by atoms with Gasteiger partial charge in [-0.05, 0) is 18.2 Å². The van der Waals surface area contributed by atoms with Gasteiger partial charge in [-0.15, -0.1) is 0 Å². The SMILES string of the molecule is CN(C)c1cnn(CCNc2cccc(F)c2)c(=O)c1. The maximum Gasteiger partial charge on any atom is 0.268 e. The van der Waals surface area contributed by atoms with Crippen molar-refractivity contribution in [1.29, 1.82) is 0 Å². The molecular formula is C14H17FN4O. The normalized spacial score (nSPS) is 10.3. The first-order chi connectivity index (χ1) is 9.56. The Morgan fingerprint density at radius 1 is 1.35 bits per heavy atom. The minimum absolute atomic E-state index is 0.155. The van der Waals surface area contributed by atoms with Crippen molar-refractivity contribution in [3.63, 3.8) is 0 Å². The Morgan fingerprint density at radius 2 is 2.15 bits per heavy atom. The molecule has 0 radical (unpaired) electrons. The summed E-state index contributed by atoms with van der Waals surface area (Å²) in [4.78, 5) is 13.7. The summed E-state index contributed by atoms with van der Waals surface area (Å²) in [6.45, 7) is 0.917. The quantitative estimate of drug-likeness (QED) is 0.900. The molecule has 1 heterocycles. The molecule has 2 aromatic rings. The van der Waals surface area contributed by atoms with Crippen LogP contribution in [0.15, 0.2) is 41.3 Å². The van der Waals surface area contributed by atoms with Crippen LogP contribution in [-0.2, 0) is 6.54 Å². The maximum atomic E-state index is 13.0. The molecule has 1 N–H and O–H groups in total. The lowest BCUT2D eigenvalue weighted by atomic mass is 10.3. The molecule has 106 valence electrons. The average molecular weight is 276 g/mol. The number of nitrogens with one attached hydrogen (secondary N) is 1. The summed E-state index contributed by atoms with van der Waals surface area (Å²) in [7, 11) is 3.71. The summed E-state index contributed by atoms with van der Waals surface area (Å²) in [5.41, 5.74) is 1.30. The fraction of sp³-hybridized carbons (Fsp3) is 0.286. The summed E-state index contributed by atoms with van der Waals surface area (Å²) < 4.78 is 14.4. The standard InChI is InChI=1S/C14H17FN4O/c1-18(2)13-9-14(20)19(17-10-13)7-6-16-12-5-3-4-11(15)8-12/h3-5,8-10,16H,6-7H2,1-2H3. The van der Waals surface area contributed by atoms with Crippen LogP contribution in [0.2, 0.25) is 0 Å². The topological polar surface area (TPSA) is 50.2 Å². The molecule has 5 nitrogen and oxygen atoms in total. The van der Waals surface area contributed by atoms with Gasteiger partial charge in [0, 0.05) is 32.4 Å². The van der Waals surface area contributed by atoms with Crippen molar-refractivity contribution in [2.75, 3.05) is 30.9 Å². The second-order valence-electron chi connectivity index (χ2n) is 4.61. The van der Waals surface area contributed by atoms with Gasteiger partial charge in [-0.1, -0.05) is 6.07 Å². The van der Waals surface area contributed by atoms with Gasteiger partial charge in [0.25, 0.3) is 5.56 Å². The Labute approximate surface area is 116 Å². The summed E-state index contributed by atoms with van der Waals surface area (Å²) in [6.07, 6.45) is 1.64. The molecule has 0 amide bonds. The molecule has 6 heteroatoms. The molecular weight excluding hydrogens is 259 g/mol. The number of halogens is 1. The number of nitrogens with zero attached hydrogens (tertiary/aromatic N) is 3. The smallest absolute Gasteiger partial charge is 0.268 e. The molecule has 0 saturated heterocycles. The first kappa shape index (κ1) is 14.0. The lowest BCUT2D eigenvalue weighted by molar-refractivity contribution is 0.596. The van der Waals surface area contributed by atoms with Crippen LogP contribution in [0.3, 0.4) is 0 Å². The first-order valence-corrected chi connectivity index (χ1v) is 6.30. The maximum absolute atomic E-state index is 13.0. The highest BCUT2D eigenvalue weighted by molar-refractivity contribution is 5.43. The zero-order chi connectivity index (χ0) is 14.5. The van der Waals surface area contributed by atoms with E-state index < -0.39 is 0 Å². The fourth-order valence-electron chi connectivity index (χ4n) is 1.74. The summed E-state index contributed by atoms with van der Waals surface area (Å²) in [5.74, 6) is -0.291. The van der Waals surface area contributed by atoms with Gasteiger partial charge in [0.15, 0.2) is 0 Å². The van der Waals surface area contributed by atoms with E-state index in [1.54, 1.807) is 18.3 Å². The van der Waals surface area contributed by atoms with Gasteiger partial charge in [-0.3, -0.25) is 4.79 Å². The molecule has 1 aromatic heterocycles. The molecule has 0 aliphatic rings. The van der Waals surface area contributed by atoms with Crippen LogP contribution in [-0.4, -0.2) is 30.4 Å². The van der Waals surface area contributed by atoms with E-state index in [2.05, 4.69) is 10.4 Å². The van der Waals surface area contributed by atoms with Crippen LogP contribution in [0.4, 0.5) is 15.8 Å². The second-order valence-corrected chi connectivity index (χ2v) is 4.61. The monoisotopic (exact) mass is 276 g/mol. The molecule has 0 bridgehead atoms. The Morgan fingerprint density at radius 3 is 2.80 bits per heavy atom. The van der Waals surface area contributed by atoms with Gasteiger partial charge >= 0.3 is 0 Å². The predicted octanol–water partition coefficient (Wildman–Crippen LogP) is 1.56. The van der Waals surface area contributed by atoms with Crippen LogP contribution >= 0.6 is 0 Å². The van der Waals surface area contributed by atoms with Crippen LogP contribution in [0, 0.1) is 5.82 Å². The second kappa shape index (κ2) is 6.18. The molecule has 0 spiro atoms. The van der Waals surface area contributed by atoms with E-state index in [1.807, 2.05) is 19.0 Å². The Bertz CT molecular complexity index is 639. The van der Waals surface area contributed by atoms with Gasteiger partial charge in [-0.2, -0.15) is 5.10 Å². The number of aromatic nitrogens is 2. The molecule has 0 unspecified atom stereocenters. The molecule has 1 aromatic carbocycles. The molecule has 20 heavy (non-hydrogen) atoms. The molecule has 0 saturated carbocycles. The molecule has 0 aliphatic carbocycles. The largest absolute Gasteiger partial charge is 0.383 e. The van der Waals surface area contributed by atoms with E-state index in [9.17, 15) is 9.18 Å². The number of benzene rings is 1. The molecule has 0 fully saturated rings. The number of hydrogen-bond acceptors (Lipinski definition) is 4. The van der Waals surface area contributed by atoms with Crippen molar-refractivity contribution in [2.24, 2.45) is 0 Å². The number of hydrogen-bond donors (Lipinski definition) is 1. The van der Waals surface area contributed by atoms with Crippen LogP contribution in [0.1, 0.15) is 0 Å². The highest BCUT2D eigenvalue weighted by atomic mass is 19.1. The van der Waals surface area contributed by atoms with Gasteiger partial charge in [0.05, 0.1) is 18.4 Å². The number of rotatable bonds is 5. The highest BCUT2D eigenvalue weighted by Crippen LogP contribution is 2.08. The Balaban J connectivity index is 1.96. The van der Waals surface area contributed by atoms with Crippen molar-refractivity contribution in [1.82, 2.24) is 9.78 Å². The van der Waals surface area contributed by atoms with Gasteiger partial charge in [0.1, 0.15) is 5.82 Å². The summed E-state index contributed by atoms with van der Waals surface area (Å²) >= 11 is 0. The summed E-state index contributed by atoms with van der Waals surface area (Å²) in [6, 6.07) is 7.74. The van der Waals surface area contributed by atoms with E-state index in [4.69, 9.17) is 0 Å². The van der Waals surface area contributed by atoms with Crippen LogP contribution in [0.5, 0.6) is 0 Å². The third-order valence-corrected chi connectivity index (χ3v) is 2.85. The van der Waals surface area contributed by atoms with Gasteiger partial charge in [-0.25, -0.2) is 9.07 Å². The van der Waals surface area contributed by atoms with E-state index >= 15 is 0 Å². The Kier molecular flexibility index (Phi) is 4.34. The molecule has 0 atom stereocenters.